The molecule has 0 aliphatic carbocycles. The number of carbonyl (C=O) groups excluding carboxylic acids is 3. The molecule has 0 fully saturated rings. The number of rotatable bonds is 7. The third kappa shape index (κ3) is 5.09. The average Bonchev–Trinajstić information content (AvgIpc) is 3.08. The van der Waals surface area contributed by atoms with Crippen LogP contribution in [0.5, 0.6) is 0 Å². The summed E-state index contributed by atoms with van der Waals surface area (Å²) in [4.78, 5) is 40.1. The van der Waals surface area contributed by atoms with Crippen LogP contribution >= 0.6 is 11.3 Å². The number of hydrogen-bond acceptors (Lipinski definition) is 5. The van der Waals surface area contributed by atoms with Gasteiger partial charge in [0.1, 0.15) is 5.82 Å². The maximum absolute atomic E-state index is 14.2. The Balaban J connectivity index is 1.81. The number of fused-ring (bicyclic) bond motifs is 1. The summed E-state index contributed by atoms with van der Waals surface area (Å²) >= 11 is 1.23. The van der Waals surface area contributed by atoms with Crippen molar-refractivity contribution in [3.63, 3.8) is 0 Å². The SMILES string of the molecule is CCNC(=O)Nc1nc2ccc(C(=O)CC(NC(N)=O)c3ccccc3F)cc2s1. The van der Waals surface area contributed by atoms with E-state index in [1.807, 2.05) is 0 Å². The van der Waals surface area contributed by atoms with Crippen LogP contribution in [0.4, 0.5) is 19.1 Å². The van der Waals surface area contributed by atoms with Crippen molar-refractivity contribution in [3.8, 4) is 0 Å². The van der Waals surface area contributed by atoms with Crippen LogP contribution in [-0.4, -0.2) is 29.4 Å². The average molecular weight is 429 g/mol. The Labute approximate surface area is 175 Å². The van der Waals surface area contributed by atoms with Crippen LogP contribution in [0.3, 0.4) is 0 Å². The lowest BCUT2D eigenvalue weighted by atomic mass is 9.97. The summed E-state index contributed by atoms with van der Waals surface area (Å²) in [5, 5.41) is 8.07. The zero-order chi connectivity index (χ0) is 21.7. The number of amides is 4. The summed E-state index contributed by atoms with van der Waals surface area (Å²) in [7, 11) is 0. The zero-order valence-electron chi connectivity index (χ0n) is 16.1. The predicted molar refractivity (Wildman–Crippen MR) is 113 cm³/mol. The Morgan fingerprint density at radius 3 is 2.67 bits per heavy atom. The van der Waals surface area contributed by atoms with Gasteiger partial charge in [-0.1, -0.05) is 29.5 Å². The molecule has 0 aliphatic heterocycles. The largest absolute Gasteiger partial charge is 0.352 e. The summed E-state index contributed by atoms with van der Waals surface area (Å²) in [6.07, 6.45) is -0.168. The first-order valence-electron chi connectivity index (χ1n) is 9.16. The number of halogens is 1. The van der Waals surface area contributed by atoms with E-state index in [1.54, 1.807) is 31.2 Å². The summed E-state index contributed by atoms with van der Waals surface area (Å²) in [6.45, 7) is 2.29. The molecule has 10 heteroatoms. The van der Waals surface area contributed by atoms with E-state index < -0.39 is 17.9 Å². The van der Waals surface area contributed by atoms with Crippen molar-refractivity contribution in [1.82, 2.24) is 15.6 Å². The number of carbonyl (C=O) groups is 3. The molecule has 3 rings (SSSR count). The zero-order valence-corrected chi connectivity index (χ0v) is 16.9. The molecule has 1 aromatic heterocycles. The highest BCUT2D eigenvalue weighted by Crippen LogP contribution is 2.28. The monoisotopic (exact) mass is 429 g/mol. The van der Waals surface area contributed by atoms with Gasteiger partial charge in [-0.05, 0) is 31.2 Å². The number of hydrogen-bond donors (Lipinski definition) is 4. The van der Waals surface area contributed by atoms with Gasteiger partial charge in [0.05, 0.1) is 16.3 Å². The second-order valence-electron chi connectivity index (χ2n) is 6.40. The smallest absolute Gasteiger partial charge is 0.321 e. The first-order valence-corrected chi connectivity index (χ1v) is 9.98. The molecule has 2 aromatic carbocycles. The summed E-state index contributed by atoms with van der Waals surface area (Å²) in [6, 6.07) is 8.69. The minimum Gasteiger partial charge on any atom is -0.352 e. The van der Waals surface area contributed by atoms with Crippen LogP contribution < -0.4 is 21.7 Å². The number of aromatic nitrogens is 1. The number of anilines is 1. The standard InChI is InChI=1S/C20H20FN5O3S/c1-2-23-19(29)26-20-25-14-8-7-11(9-17(14)30-20)16(27)10-15(24-18(22)28)12-5-3-4-6-13(12)21/h3-9,15H,2,10H2,1H3,(H3,22,24,28)(H2,23,25,26,29). The van der Waals surface area contributed by atoms with Crippen LogP contribution in [0, 0.1) is 5.82 Å². The van der Waals surface area contributed by atoms with Crippen molar-refractivity contribution in [1.29, 1.82) is 0 Å². The van der Waals surface area contributed by atoms with Gasteiger partial charge in [-0.2, -0.15) is 0 Å². The van der Waals surface area contributed by atoms with Crippen LogP contribution in [0.2, 0.25) is 0 Å². The minimum absolute atomic E-state index is 0.168. The molecule has 1 heterocycles. The fourth-order valence-corrected chi connectivity index (χ4v) is 3.82. The summed E-state index contributed by atoms with van der Waals surface area (Å²) < 4.78 is 14.9. The molecule has 3 aromatic rings. The Bertz CT molecular complexity index is 1100. The number of Topliss-reactive ketones (excluding diaryl/α,β-unsaturated/α-hetero) is 1. The van der Waals surface area contributed by atoms with Crippen molar-refractivity contribution in [3.05, 3.63) is 59.4 Å². The first-order chi connectivity index (χ1) is 14.4. The van der Waals surface area contributed by atoms with Gasteiger partial charge in [0.25, 0.3) is 0 Å². The molecule has 0 saturated carbocycles. The van der Waals surface area contributed by atoms with Gasteiger partial charge in [0.15, 0.2) is 10.9 Å². The molecule has 0 radical (unpaired) electrons. The summed E-state index contributed by atoms with van der Waals surface area (Å²) in [5.74, 6) is -0.839. The molecule has 0 saturated heterocycles. The van der Waals surface area contributed by atoms with Crippen LogP contribution in [-0.2, 0) is 0 Å². The quantitative estimate of drug-likeness (QED) is 0.428. The van der Waals surface area contributed by atoms with Crippen molar-refractivity contribution < 1.29 is 18.8 Å². The van der Waals surface area contributed by atoms with Gasteiger partial charge in [-0.15, -0.1) is 0 Å². The Kier molecular flexibility index (Phi) is 6.58. The maximum Gasteiger partial charge on any atom is 0.321 e. The third-order valence-electron chi connectivity index (χ3n) is 4.25. The molecular formula is C20H20FN5O3S. The van der Waals surface area contributed by atoms with E-state index in [0.717, 1.165) is 0 Å². The van der Waals surface area contributed by atoms with Crippen LogP contribution in [0.25, 0.3) is 10.2 Å². The minimum atomic E-state index is -0.900. The van der Waals surface area contributed by atoms with Gasteiger partial charge in [0, 0.05) is 24.1 Å². The molecule has 1 atom stereocenters. The van der Waals surface area contributed by atoms with E-state index in [1.165, 1.54) is 29.5 Å². The number of nitrogens with two attached hydrogens (primary N) is 1. The van der Waals surface area contributed by atoms with Crippen LogP contribution in [0.1, 0.15) is 35.3 Å². The Morgan fingerprint density at radius 1 is 1.20 bits per heavy atom. The highest BCUT2D eigenvalue weighted by Gasteiger charge is 2.21. The lowest BCUT2D eigenvalue weighted by Crippen LogP contribution is -2.34. The molecule has 1 unspecified atom stereocenters. The van der Waals surface area contributed by atoms with Gasteiger partial charge in [-0.25, -0.2) is 19.0 Å². The van der Waals surface area contributed by atoms with Crippen molar-refractivity contribution in [2.75, 3.05) is 11.9 Å². The van der Waals surface area contributed by atoms with Crippen LogP contribution in [0.15, 0.2) is 42.5 Å². The lowest BCUT2D eigenvalue weighted by molar-refractivity contribution is 0.0970. The molecular weight excluding hydrogens is 409 g/mol. The summed E-state index contributed by atoms with van der Waals surface area (Å²) in [5.41, 5.74) is 6.39. The van der Waals surface area contributed by atoms with Crippen molar-refractivity contribution >= 4 is 44.5 Å². The molecule has 0 aliphatic rings. The van der Waals surface area contributed by atoms with Crippen molar-refractivity contribution in [2.24, 2.45) is 5.73 Å². The number of thiazole rings is 1. The predicted octanol–water partition coefficient (Wildman–Crippen LogP) is 3.56. The van der Waals surface area contributed by atoms with E-state index in [4.69, 9.17) is 5.73 Å². The van der Waals surface area contributed by atoms with Gasteiger partial charge in [0.2, 0.25) is 0 Å². The molecule has 156 valence electrons. The number of ketones is 1. The Morgan fingerprint density at radius 2 is 1.97 bits per heavy atom. The van der Waals surface area contributed by atoms with E-state index in [-0.39, 0.29) is 23.8 Å². The number of nitrogens with zero attached hydrogens (tertiary/aromatic N) is 1. The second kappa shape index (κ2) is 9.31. The second-order valence-corrected chi connectivity index (χ2v) is 7.43. The normalized spacial score (nSPS) is 11.7. The van der Waals surface area contributed by atoms with Crippen molar-refractivity contribution in [2.45, 2.75) is 19.4 Å². The number of primary amides is 1. The van der Waals surface area contributed by atoms with Gasteiger partial charge < -0.3 is 16.4 Å². The number of nitrogens with one attached hydrogen (secondary N) is 3. The molecule has 30 heavy (non-hydrogen) atoms. The highest BCUT2D eigenvalue weighted by molar-refractivity contribution is 7.22. The third-order valence-corrected chi connectivity index (χ3v) is 5.19. The fraction of sp³-hybridized carbons (Fsp3) is 0.200. The number of benzene rings is 2. The molecule has 0 spiro atoms. The fourth-order valence-electron chi connectivity index (χ4n) is 2.92. The molecule has 5 N–H and O–H groups in total. The van der Waals surface area contributed by atoms with Gasteiger partial charge >= 0.3 is 12.1 Å². The van der Waals surface area contributed by atoms with E-state index in [2.05, 4.69) is 20.9 Å². The van der Waals surface area contributed by atoms with Gasteiger partial charge in [-0.3, -0.25) is 10.1 Å². The van der Waals surface area contributed by atoms with E-state index >= 15 is 0 Å². The number of urea groups is 2. The topological polar surface area (TPSA) is 126 Å². The molecule has 0 bridgehead atoms. The van der Waals surface area contributed by atoms with E-state index in [0.29, 0.717) is 27.5 Å². The first kappa shape index (κ1) is 21.2. The maximum atomic E-state index is 14.2. The molecule has 8 nitrogen and oxygen atoms in total. The molecule has 4 amide bonds. The lowest BCUT2D eigenvalue weighted by Gasteiger charge is -2.18. The van der Waals surface area contributed by atoms with E-state index in [9.17, 15) is 18.8 Å². The Hall–Kier alpha value is -3.53. The highest BCUT2D eigenvalue weighted by atomic mass is 32.1.